The first-order valence-electron chi connectivity index (χ1n) is 9.23. The number of rotatable bonds is 6. The van der Waals surface area contributed by atoms with Gasteiger partial charge in [0.25, 0.3) is 5.91 Å². The van der Waals surface area contributed by atoms with E-state index in [1.807, 2.05) is 6.92 Å². The van der Waals surface area contributed by atoms with Crippen LogP contribution < -0.4 is 11.1 Å². The summed E-state index contributed by atoms with van der Waals surface area (Å²) in [4.78, 5) is 13.0. The van der Waals surface area contributed by atoms with Crippen LogP contribution in [-0.2, 0) is 12.8 Å². The number of nitrogens with two attached hydrogens (primary N) is 1. The minimum atomic E-state index is -0.488. The number of nitrogens with zero attached hydrogens (tertiary/aromatic N) is 2. The predicted molar refractivity (Wildman–Crippen MR) is 99.9 cm³/mol. The molecule has 140 valence electrons. The molecule has 0 spiro atoms. The van der Waals surface area contributed by atoms with Crippen molar-refractivity contribution in [3.8, 4) is 5.69 Å². The van der Waals surface area contributed by atoms with E-state index < -0.39 is 5.54 Å². The van der Waals surface area contributed by atoms with E-state index in [1.54, 1.807) is 22.9 Å². The van der Waals surface area contributed by atoms with Crippen LogP contribution in [0.15, 0.2) is 24.3 Å². The van der Waals surface area contributed by atoms with Crippen LogP contribution in [0.4, 0.5) is 4.39 Å². The van der Waals surface area contributed by atoms with Gasteiger partial charge in [-0.25, -0.2) is 9.07 Å². The molecule has 0 fully saturated rings. The van der Waals surface area contributed by atoms with E-state index in [4.69, 9.17) is 5.73 Å². The summed E-state index contributed by atoms with van der Waals surface area (Å²) in [6.45, 7) is 6.52. The fraction of sp³-hybridized carbons (Fsp3) is 0.500. The summed E-state index contributed by atoms with van der Waals surface area (Å²) in [7, 11) is 0. The van der Waals surface area contributed by atoms with Crippen molar-refractivity contribution in [1.82, 2.24) is 15.1 Å². The fourth-order valence-electron chi connectivity index (χ4n) is 3.86. The maximum Gasteiger partial charge on any atom is 0.272 e. The van der Waals surface area contributed by atoms with Gasteiger partial charge in [-0.3, -0.25) is 4.79 Å². The predicted octanol–water partition coefficient (Wildman–Crippen LogP) is 2.99. The molecular formula is C20H27FN4O. The second-order valence-electron chi connectivity index (χ2n) is 7.81. The van der Waals surface area contributed by atoms with Crippen molar-refractivity contribution >= 4 is 5.91 Å². The standard InChI is InChI=1S/C20H27FN4O/c1-13(2)11-20(3,12-22)23-19(26)18-14-7-6-10-16(14)25(24-18)17-9-5-4-8-15(17)21/h4-5,8-9,13H,6-7,10-12,22H2,1-3H3,(H,23,26). The molecule has 1 aromatic carbocycles. The third-order valence-electron chi connectivity index (χ3n) is 4.95. The number of hydrogen-bond acceptors (Lipinski definition) is 3. The summed E-state index contributed by atoms with van der Waals surface area (Å²) >= 11 is 0. The van der Waals surface area contributed by atoms with Gasteiger partial charge in [0.2, 0.25) is 0 Å². The van der Waals surface area contributed by atoms with Gasteiger partial charge in [-0.15, -0.1) is 0 Å². The largest absolute Gasteiger partial charge is 0.344 e. The molecule has 0 saturated heterocycles. The first-order chi connectivity index (χ1) is 12.3. The Balaban J connectivity index is 1.95. The number of benzene rings is 1. The number of fused-ring (bicyclic) bond motifs is 1. The summed E-state index contributed by atoms with van der Waals surface area (Å²) in [6.07, 6.45) is 3.31. The van der Waals surface area contributed by atoms with Crippen molar-refractivity contribution in [2.24, 2.45) is 11.7 Å². The average molecular weight is 358 g/mol. The normalized spacial score (nSPS) is 15.8. The fourth-order valence-corrected chi connectivity index (χ4v) is 3.86. The molecule has 1 atom stereocenters. The van der Waals surface area contributed by atoms with Gasteiger partial charge in [0.1, 0.15) is 11.5 Å². The SMILES string of the molecule is CC(C)CC(C)(CN)NC(=O)c1nn(-c2ccccc2F)c2c1CCC2. The van der Waals surface area contributed by atoms with E-state index in [9.17, 15) is 9.18 Å². The highest BCUT2D eigenvalue weighted by Gasteiger charge is 2.32. The number of aromatic nitrogens is 2. The summed E-state index contributed by atoms with van der Waals surface area (Å²) in [5.41, 5.74) is 8.06. The van der Waals surface area contributed by atoms with Crippen molar-refractivity contribution in [3.63, 3.8) is 0 Å². The molecule has 26 heavy (non-hydrogen) atoms. The molecule has 0 aliphatic heterocycles. The Bertz CT molecular complexity index is 814. The lowest BCUT2D eigenvalue weighted by Gasteiger charge is -2.31. The van der Waals surface area contributed by atoms with Crippen molar-refractivity contribution < 1.29 is 9.18 Å². The van der Waals surface area contributed by atoms with Crippen molar-refractivity contribution in [2.45, 2.75) is 52.0 Å². The van der Waals surface area contributed by atoms with Crippen LogP contribution in [0.3, 0.4) is 0 Å². The molecule has 1 aliphatic carbocycles. The summed E-state index contributed by atoms with van der Waals surface area (Å²) in [5, 5.41) is 7.55. The van der Waals surface area contributed by atoms with Crippen LogP contribution in [0, 0.1) is 11.7 Å². The molecule has 0 saturated carbocycles. The Labute approximate surface area is 153 Å². The Morgan fingerprint density at radius 1 is 1.38 bits per heavy atom. The molecule has 3 rings (SSSR count). The van der Waals surface area contributed by atoms with Crippen molar-refractivity contribution in [2.75, 3.05) is 6.54 Å². The highest BCUT2D eigenvalue weighted by molar-refractivity contribution is 5.94. The van der Waals surface area contributed by atoms with E-state index in [0.717, 1.165) is 36.9 Å². The molecule has 1 aliphatic rings. The van der Waals surface area contributed by atoms with Gasteiger partial charge in [-0.2, -0.15) is 5.10 Å². The molecule has 1 amide bonds. The van der Waals surface area contributed by atoms with Crippen LogP contribution in [0.2, 0.25) is 0 Å². The maximum atomic E-state index is 14.2. The molecular weight excluding hydrogens is 331 g/mol. The van der Waals surface area contributed by atoms with E-state index in [2.05, 4.69) is 24.3 Å². The highest BCUT2D eigenvalue weighted by Crippen LogP contribution is 2.29. The molecule has 5 nitrogen and oxygen atoms in total. The van der Waals surface area contributed by atoms with Gasteiger partial charge < -0.3 is 11.1 Å². The number of amides is 1. The van der Waals surface area contributed by atoms with Gasteiger partial charge in [-0.05, 0) is 50.7 Å². The maximum absolute atomic E-state index is 14.2. The van der Waals surface area contributed by atoms with Gasteiger partial charge in [0.05, 0.1) is 5.54 Å². The summed E-state index contributed by atoms with van der Waals surface area (Å²) in [5.74, 6) is -0.166. The number of halogens is 1. The first kappa shape index (κ1) is 18.6. The molecule has 1 aromatic heterocycles. The molecule has 3 N–H and O–H groups in total. The minimum absolute atomic E-state index is 0.230. The van der Waals surface area contributed by atoms with Crippen LogP contribution in [-0.4, -0.2) is 27.8 Å². The minimum Gasteiger partial charge on any atom is -0.344 e. The number of carbonyl (C=O) groups is 1. The van der Waals surface area contributed by atoms with Crippen LogP contribution in [0.5, 0.6) is 0 Å². The van der Waals surface area contributed by atoms with E-state index in [-0.39, 0.29) is 11.7 Å². The van der Waals surface area contributed by atoms with Crippen molar-refractivity contribution in [3.05, 3.63) is 47.0 Å². The quantitative estimate of drug-likeness (QED) is 0.834. The van der Waals surface area contributed by atoms with Gasteiger partial charge in [-0.1, -0.05) is 26.0 Å². The number of hydrogen-bond donors (Lipinski definition) is 2. The van der Waals surface area contributed by atoms with Crippen LogP contribution >= 0.6 is 0 Å². The Kier molecular flexibility index (Phi) is 5.14. The zero-order chi connectivity index (χ0) is 18.9. The summed E-state index contributed by atoms with van der Waals surface area (Å²) in [6, 6.07) is 6.52. The Morgan fingerprint density at radius 2 is 2.12 bits per heavy atom. The monoisotopic (exact) mass is 358 g/mol. The molecule has 1 unspecified atom stereocenters. The van der Waals surface area contributed by atoms with E-state index in [1.165, 1.54) is 6.07 Å². The summed E-state index contributed by atoms with van der Waals surface area (Å²) < 4.78 is 15.8. The third kappa shape index (κ3) is 3.51. The van der Waals surface area contributed by atoms with Gasteiger partial charge in [0, 0.05) is 17.8 Å². The van der Waals surface area contributed by atoms with E-state index >= 15 is 0 Å². The Hall–Kier alpha value is -2.21. The van der Waals surface area contributed by atoms with Gasteiger partial charge >= 0.3 is 0 Å². The smallest absolute Gasteiger partial charge is 0.272 e. The van der Waals surface area contributed by atoms with E-state index in [0.29, 0.717) is 23.8 Å². The molecule has 0 bridgehead atoms. The Morgan fingerprint density at radius 3 is 2.77 bits per heavy atom. The number of carbonyl (C=O) groups excluding carboxylic acids is 1. The van der Waals surface area contributed by atoms with Gasteiger partial charge in [0.15, 0.2) is 5.69 Å². The van der Waals surface area contributed by atoms with Crippen LogP contribution in [0.1, 0.15) is 55.4 Å². The molecule has 2 aromatic rings. The zero-order valence-electron chi connectivity index (χ0n) is 15.7. The second-order valence-corrected chi connectivity index (χ2v) is 7.81. The topological polar surface area (TPSA) is 72.9 Å². The zero-order valence-corrected chi connectivity index (χ0v) is 15.7. The molecule has 1 heterocycles. The number of nitrogens with one attached hydrogen (secondary N) is 1. The lowest BCUT2D eigenvalue weighted by atomic mass is 9.90. The lowest BCUT2D eigenvalue weighted by Crippen LogP contribution is -2.52. The second kappa shape index (κ2) is 7.19. The first-order valence-corrected chi connectivity index (χ1v) is 9.23. The highest BCUT2D eigenvalue weighted by atomic mass is 19.1. The third-order valence-corrected chi connectivity index (χ3v) is 4.95. The average Bonchev–Trinajstić information content (AvgIpc) is 3.17. The van der Waals surface area contributed by atoms with Crippen LogP contribution in [0.25, 0.3) is 5.69 Å². The lowest BCUT2D eigenvalue weighted by molar-refractivity contribution is 0.0891. The molecule has 0 radical (unpaired) electrons. The molecule has 6 heteroatoms. The van der Waals surface area contributed by atoms with Crippen molar-refractivity contribution in [1.29, 1.82) is 0 Å². The number of para-hydroxylation sites is 1.